The summed E-state index contributed by atoms with van der Waals surface area (Å²) >= 11 is 2.66. The van der Waals surface area contributed by atoms with Gasteiger partial charge < -0.3 is 9.47 Å². The maximum atomic E-state index is 12.1. The van der Waals surface area contributed by atoms with E-state index in [4.69, 9.17) is 9.47 Å². The van der Waals surface area contributed by atoms with Crippen LogP contribution in [0.4, 0.5) is 0 Å². The van der Waals surface area contributed by atoms with Gasteiger partial charge in [0.15, 0.2) is 0 Å². The van der Waals surface area contributed by atoms with Crippen LogP contribution in [0.5, 0.6) is 11.5 Å². The average molecular weight is 455 g/mol. The Kier molecular flexibility index (Phi) is 10.8. The van der Waals surface area contributed by atoms with Crippen LogP contribution in [-0.2, 0) is 0 Å². The molecule has 0 atom stereocenters. The average Bonchev–Trinajstić information content (AvgIpc) is 2.75. The molecule has 0 radical (unpaired) electrons. The predicted octanol–water partition coefficient (Wildman–Crippen LogP) is 5.53. The standard InChI is InChI=1S/C20H22O4S4/c1-23-17-7-3-15(4-8-17)19(21)25-11-13-27-28-14-12-26-20(22)16-5-9-18(24-2)10-6-16/h3-10H,11-14H2,1-2H3. The zero-order chi connectivity index (χ0) is 20.2. The zero-order valence-electron chi connectivity index (χ0n) is 15.7. The van der Waals surface area contributed by atoms with E-state index in [9.17, 15) is 9.59 Å². The number of hydrogen-bond donors (Lipinski definition) is 0. The Morgan fingerprint density at radius 1 is 0.643 bits per heavy atom. The summed E-state index contributed by atoms with van der Waals surface area (Å²) in [5, 5.41) is 0.155. The van der Waals surface area contributed by atoms with Crippen molar-refractivity contribution in [3.63, 3.8) is 0 Å². The molecule has 0 N–H and O–H groups in total. The van der Waals surface area contributed by atoms with Gasteiger partial charge in [-0.1, -0.05) is 45.1 Å². The van der Waals surface area contributed by atoms with Crippen molar-refractivity contribution in [1.82, 2.24) is 0 Å². The summed E-state index contributed by atoms with van der Waals surface area (Å²) in [6.07, 6.45) is 0. The molecule has 2 aromatic carbocycles. The summed E-state index contributed by atoms with van der Waals surface area (Å²) in [5.41, 5.74) is 1.38. The summed E-state index contributed by atoms with van der Waals surface area (Å²) < 4.78 is 10.2. The Balaban J connectivity index is 1.53. The van der Waals surface area contributed by atoms with E-state index in [1.165, 1.54) is 23.5 Å². The fourth-order valence-electron chi connectivity index (χ4n) is 2.08. The molecule has 0 bridgehead atoms. The number of benzene rings is 2. The Hall–Kier alpha value is -1.22. The van der Waals surface area contributed by atoms with E-state index in [1.807, 2.05) is 0 Å². The third kappa shape index (κ3) is 8.03. The van der Waals surface area contributed by atoms with Crippen LogP contribution >= 0.6 is 45.1 Å². The van der Waals surface area contributed by atoms with Crippen LogP contribution < -0.4 is 9.47 Å². The van der Waals surface area contributed by atoms with Gasteiger partial charge in [-0.2, -0.15) is 0 Å². The third-order valence-corrected chi connectivity index (χ3v) is 8.27. The molecule has 28 heavy (non-hydrogen) atoms. The van der Waals surface area contributed by atoms with Crippen molar-refractivity contribution in [2.24, 2.45) is 0 Å². The predicted molar refractivity (Wildman–Crippen MR) is 124 cm³/mol. The van der Waals surface area contributed by atoms with E-state index in [-0.39, 0.29) is 10.2 Å². The first-order valence-electron chi connectivity index (χ1n) is 8.51. The highest BCUT2D eigenvalue weighted by molar-refractivity contribution is 8.76. The van der Waals surface area contributed by atoms with Crippen molar-refractivity contribution >= 4 is 55.3 Å². The molecule has 4 nitrogen and oxygen atoms in total. The molecule has 0 saturated heterocycles. The van der Waals surface area contributed by atoms with Crippen molar-refractivity contribution < 1.29 is 19.1 Å². The van der Waals surface area contributed by atoms with Gasteiger partial charge >= 0.3 is 0 Å². The van der Waals surface area contributed by atoms with Crippen molar-refractivity contribution in [3.05, 3.63) is 59.7 Å². The molecule has 0 aliphatic heterocycles. The molecular formula is C20H22O4S4. The minimum atomic E-state index is 0.0777. The first-order chi connectivity index (χ1) is 13.6. The molecule has 0 aromatic heterocycles. The van der Waals surface area contributed by atoms with Gasteiger partial charge in [0, 0.05) is 34.1 Å². The van der Waals surface area contributed by atoms with Gasteiger partial charge in [0.25, 0.3) is 0 Å². The summed E-state index contributed by atoms with van der Waals surface area (Å²) in [5.74, 6) is 4.79. The van der Waals surface area contributed by atoms with Gasteiger partial charge in [-0.05, 0) is 48.5 Å². The molecule has 2 aromatic rings. The second-order valence-electron chi connectivity index (χ2n) is 5.37. The van der Waals surface area contributed by atoms with Crippen LogP contribution in [0.2, 0.25) is 0 Å². The van der Waals surface area contributed by atoms with Gasteiger partial charge in [-0.15, -0.1) is 0 Å². The van der Waals surface area contributed by atoms with Crippen LogP contribution in [0, 0.1) is 0 Å². The lowest BCUT2D eigenvalue weighted by Gasteiger charge is -2.04. The van der Waals surface area contributed by atoms with E-state index in [0.717, 1.165) is 34.5 Å². The molecule has 8 heteroatoms. The molecule has 150 valence electrons. The molecule has 0 heterocycles. The Morgan fingerprint density at radius 2 is 1.00 bits per heavy atom. The normalized spacial score (nSPS) is 10.5. The molecule has 0 spiro atoms. The first-order valence-corrected chi connectivity index (χ1v) is 13.0. The molecule has 0 unspecified atom stereocenters. The number of thioether (sulfide) groups is 2. The number of methoxy groups -OCH3 is 2. The SMILES string of the molecule is COc1ccc(C(=O)SCCSSCCSC(=O)c2ccc(OC)cc2)cc1. The molecule has 0 aliphatic rings. The number of rotatable bonds is 11. The van der Waals surface area contributed by atoms with Crippen LogP contribution in [-0.4, -0.2) is 47.5 Å². The molecule has 0 amide bonds. The van der Waals surface area contributed by atoms with Crippen molar-refractivity contribution in [2.45, 2.75) is 0 Å². The second kappa shape index (κ2) is 13.1. The summed E-state index contributed by atoms with van der Waals surface area (Å²) in [6, 6.07) is 14.3. The molecule has 0 aliphatic carbocycles. The highest BCUT2D eigenvalue weighted by Crippen LogP contribution is 2.25. The van der Waals surface area contributed by atoms with Gasteiger partial charge in [0.2, 0.25) is 10.2 Å². The Bertz CT molecular complexity index is 682. The minimum absolute atomic E-state index is 0.0777. The number of ether oxygens (including phenoxy) is 2. The van der Waals surface area contributed by atoms with Crippen LogP contribution in [0.1, 0.15) is 20.7 Å². The Labute approximate surface area is 182 Å². The van der Waals surface area contributed by atoms with E-state index < -0.39 is 0 Å². The topological polar surface area (TPSA) is 52.6 Å². The smallest absolute Gasteiger partial charge is 0.219 e. The van der Waals surface area contributed by atoms with E-state index in [1.54, 1.807) is 84.3 Å². The summed E-state index contributed by atoms with van der Waals surface area (Å²) in [4.78, 5) is 24.2. The third-order valence-electron chi connectivity index (χ3n) is 3.53. The molecule has 2 rings (SSSR count). The van der Waals surface area contributed by atoms with Crippen LogP contribution in [0.25, 0.3) is 0 Å². The van der Waals surface area contributed by atoms with Gasteiger partial charge in [-0.3, -0.25) is 9.59 Å². The summed E-state index contributed by atoms with van der Waals surface area (Å²) in [6.45, 7) is 0. The molecule has 0 fully saturated rings. The number of carbonyl (C=O) groups is 2. The van der Waals surface area contributed by atoms with Gasteiger partial charge in [-0.25, -0.2) is 0 Å². The highest BCUT2D eigenvalue weighted by Gasteiger charge is 2.08. The molecule has 0 saturated carbocycles. The largest absolute Gasteiger partial charge is 0.497 e. The molecular weight excluding hydrogens is 432 g/mol. The fourth-order valence-corrected chi connectivity index (χ4v) is 6.43. The van der Waals surface area contributed by atoms with Gasteiger partial charge in [0.1, 0.15) is 11.5 Å². The summed E-state index contributed by atoms with van der Waals surface area (Å²) in [7, 11) is 6.67. The monoisotopic (exact) mass is 454 g/mol. The lowest BCUT2D eigenvalue weighted by molar-refractivity contribution is 0.108. The zero-order valence-corrected chi connectivity index (χ0v) is 19.0. The fraction of sp³-hybridized carbons (Fsp3) is 0.300. The lowest BCUT2D eigenvalue weighted by Crippen LogP contribution is -1.97. The highest BCUT2D eigenvalue weighted by atomic mass is 33.1. The van der Waals surface area contributed by atoms with Crippen LogP contribution in [0.3, 0.4) is 0 Å². The maximum Gasteiger partial charge on any atom is 0.219 e. The van der Waals surface area contributed by atoms with E-state index >= 15 is 0 Å². The van der Waals surface area contributed by atoms with Crippen molar-refractivity contribution in [2.75, 3.05) is 37.2 Å². The first kappa shape index (κ1) is 23.1. The lowest BCUT2D eigenvalue weighted by atomic mass is 10.2. The number of carbonyl (C=O) groups excluding carboxylic acids is 2. The van der Waals surface area contributed by atoms with E-state index in [2.05, 4.69) is 0 Å². The van der Waals surface area contributed by atoms with Crippen molar-refractivity contribution in [3.8, 4) is 11.5 Å². The second-order valence-corrected chi connectivity index (χ2v) is 10.2. The maximum absolute atomic E-state index is 12.1. The minimum Gasteiger partial charge on any atom is -0.497 e. The number of hydrogen-bond acceptors (Lipinski definition) is 8. The van der Waals surface area contributed by atoms with Crippen LogP contribution in [0.15, 0.2) is 48.5 Å². The Morgan fingerprint density at radius 3 is 1.32 bits per heavy atom. The van der Waals surface area contributed by atoms with Crippen molar-refractivity contribution in [1.29, 1.82) is 0 Å². The van der Waals surface area contributed by atoms with E-state index in [0.29, 0.717) is 11.1 Å². The quantitative estimate of drug-likeness (QED) is 0.324. The van der Waals surface area contributed by atoms with Gasteiger partial charge in [0.05, 0.1) is 14.2 Å².